The molecule has 0 saturated heterocycles. The van der Waals surface area contributed by atoms with Crippen molar-refractivity contribution in [3.63, 3.8) is 0 Å². The Morgan fingerprint density at radius 2 is 1.89 bits per heavy atom. The number of carbonyl (C=O) groups excluding carboxylic acids is 1. The van der Waals surface area contributed by atoms with E-state index < -0.39 is 0 Å². The molecule has 0 spiro atoms. The number of hydrogen-bond donors (Lipinski definition) is 1. The zero-order valence-electron chi connectivity index (χ0n) is 16.9. The monoisotopic (exact) mass is 365 g/mol. The van der Waals surface area contributed by atoms with Gasteiger partial charge in [-0.3, -0.25) is 14.6 Å². The van der Waals surface area contributed by atoms with E-state index in [0.29, 0.717) is 18.2 Å². The lowest BCUT2D eigenvalue weighted by atomic mass is 10.0. The van der Waals surface area contributed by atoms with Gasteiger partial charge in [0.05, 0.1) is 11.4 Å². The van der Waals surface area contributed by atoms with Crippen LogP contribution in [0.5, 0.6) is 0 Å². The molecule has 3 aromatic rings. The van der Waals surface area contributed by atoms with E-state index in [2.05, 4.69) is 53.4 Å². The average Bonchev–Trinajstić information content (AvgIpc) is 3.19. The minimum atomic E-state index is -0.0825. The van der Waals surface area contributed by atoms with Crippen LogP contribution in [-0.4, -0.2) is 37.8 Å². The standard InChI is InChI=1S/C21H27N5O/c1-13(2)17-9-7-16(8-10-17)12-25(5)21(27)19-11-18(22-23-19)20-14(3)24-26(6)15(20)4/h7-11,13H,12H2,1-6H3,(H,22,23). The SMILES string of the molecule is Cc1nn(C)c(C)c1-c1cc(C(=O)N(C)Cc2ccc(C(C)C)cc2)[nH]n1. The summed E-state index contributed by atoms with van der Waals surface area (Å²) in [5.74, 6) is 0.419. The predicted octanol–water partition coefficient (Wildman–Crippen LogP) is 3.82. The number of hydrogen-bond acceptors (Lipinski definition) is 3. The summed E-state index contributed by atoms with van der Waals surface area (Å²) in [5.41, 5.74) is 6.53. The van der Waals surface area contributed by atoms with E-state index in [4.69, 9.17) is 0 Å². The average molecular weight is 365 g/mol. The molecule has 0 fully saturated rings. The molecule has 1 N–H and O–H groups in total. The van der Waals surface area contributed by atoms with Gasteiger partial charge in [-0.1, -0.05) is 38.1 Å². The van der Waals surface area contributed by atoms with Crippen LogP contribution in [0.15, 0.2) is 30.3 Å². The van der Waals surface area contributed by atoms with Gasteiger partial charge >= 0.3 is 0 Å². The van der Waals surface area contributed by atoms with E-state index >= 15 is 0 Å². The van der Waals surface area contributed by atoms with Crippen molar-refractivity contribution >= 4 is 5.91 Å². The van der Waals surface area contributed by atoms with Gasteiger partial charge in [-0.05, 0) is 37.0 Å². The predicted molar refractivity (Wildman–Crippen MR) is 107 cm³/mol. The minimum absolute atomic E-state index is 0.0825. The van der Waals surface area contributed by atoms with Gasteiger partial charge in [-0.15, -0.1) is 0 Å². The van der Waals surface area contributed by atoms with E-state index in [0.717, 1.165) is 28.2 Å². The molecule has 0 radical (unpaired) electrons. The Kier molecular flexibility index (Phi) is 5.17. The Morgan fingerprint density at radius 1 is 1.22 bits per heavy atom. The Morgan fingerprint density at radius 3 is 2.44 bits per heavy atom. The quantitative estimate of drug-likeness (QED) is 0.747. The van der Waals surface area contributed by atoms with Gasteiger partial charge < -0.3 is 4.90 Å². The van der Waals surface area contributed by atoms with E-state index in [1.807, 2.05) is 25.6 Å². The first-order chi connectivity index (χ1) is 12.8. The Balaban J connectivity index is 1.75. The lowest BCUT2D eigenvalue weighted by Gasteiger charge is -2.16. The van der Waals surface area contributed by atoms with Crippen LogP contribution in [-0.2, 0) is 13.6 Å². The number of aromatic nitrogens is 4. The normalized spacial score (nSPS) is 11.2. The van der Waals surface area contributed by atoms with Crippen LogP contribution in [0.1, 0.15) is 52.8 Å². The van der Waals surface area contributed by atoms with Gasteiger partial charge in [-0.25, -0.2) is 0 Å². The minimum Gasteiger partial charge on any atom is -0.336 e. The maximum atomic E-state index is 12.8. The first-order valence-corrected chi connectivity index (χ1v) is 9.18. The van der Waals surface area contributed by atoms with Crippen molar-refractivity contribution in [2.24, 2.45) is 7.05 Å². The van der Waals surface area contributed by atoms with Crippen LogP contribution in [0.25, 0.3) is 11.3 Å². The molecule has 0 saturated carbocycles. The van der Waals surface area contributed by atoms with Gasteiger partial charge in [0.15, 0.2) is 0 Å². The van der Waals surface area contributed by atoms with Gasteiger partial charge in [-0.2, -0.15) is 10.2 Å². The molecule has 1 amide bonds. The number of H-pyrrole nitrogens is 1. The molecule has 0 aliphatic heterocycles. The van der Waals surface area contributed by atoms with Gasteiger partial charge in [0, 0.05) is 31.9 Å². The van der Waals surface area contributed by atoms with Crippen LogP contribution in [0.3, 0.4) is 0 Å². The van der Waals surface area contributed by atoms with E-state index in [1.54, 1.807) is 18.0 Å². The summed E-state index contributed by atoms with van der Waals surface area (Å²) in [6.45, 7) is 8.85. The van der Waals surface area contributed by atoms with Gasteiger partial charge in [0.2, 0.25) is 0 Å². The highest BCUT2D eigenvalue weighted by Crippen LogP contribution is 2.25. The topological polar surface area (TPSA) is 66.8 Å². The van der Waals surface area contributed by atoms with E-state index in [1.165, 1.54) is 5.56 Å². The maximum Gasteiger partial charge on any atom is 0.271 e. The van der Waals surface area contributed by atoms with Crippen LogP contribution in [0.4, 0.5) is 0 Å². The highest BCUT2D eigenvalue weighted by molar-refractivity contribution is 5.93. The van der Waals surface area contributed by atoms with E-state index in [-0.39, 0.29) is 5.91 Å². The van der Waals surface area contributed by atoms with Crippen molar-refractivity contribution in [2.45, 2.75) is 40.2 Å². The van der Waals surface area contributed by atoms with Crippen LogP contribution >= 0.6 is 0 Å². The molecule has 3 rings (SSSR count). The Labute approximate surface area is 160 Å². The molecule has 0 aliphatic carbocycles. The molecule has 1 aromatic carbocycles. The zero-order valence-corrected chi connectivity index (χ0v) is 16.9. The van der Waals surface area contributed by atoms with Crippen LogP contribution < -0.4 is 0 Å². The number of aromatic amines is 1. The number of benzene rings is 1. The largest absolute Gasteiger partial charge is 0.336 e. The maximum absolute atomic E-state index is 12.8. The van der Waals surface area contributed by atoms with Crippen molar-refractivity contribution < 1.29 is 4.79 Å². The molecule has 0 bridgehead atoms. The third-order valence-corrected chi connectivity index (χ3v) is 4.99. The Hall–Kier alpha value is -2.89. The number of aryl methyl sites for hydroxylation is 2. The molecule has 0 unspecified atom stereocenters. The molecule has 2 heterocycles. The summed E-state index contributed by atoms with van der Waals surface area (Å²) >= 11 is 0. The van der Waals surface area contributed by atoms with Crippen molar-refractivity contribution in [3.05, 3.63) is 58.5 Å². The second-order valence-corrected chi connectivity index (χ2v) is 7.39. The molecule has 6 nitrogen and oxygen atoms in total. The zero-order chi connectivity index (χ0) is 19.7. The summed E-state index contributed by atoms with van der Waals surface area (Å²) < 4.78 is 1.83. The third-order valence-electron chi connectivity index (χ3n) is 4.99. The fourth-order valence-electron chi connectivity index (χ4n) is 3.26. The highest BCUT2D eigenvalue weighted by Gasteiger charge is 2.19. The molecule has 6 heteroatoms. The molecule has 27 heavy (non-hydrogen) atoms. The second-order valence-electron chi connectivity index (χ2n) is 7.39. The molecule has 0 aliphatic rings. The summed E-state index contributed by atoms with van der Waals surface area (Å²) in [6, 6.07) is 10.2. The molecular formula is C21H27N5O. The molecule has 0 atom stereocenters. The van der Waals surface area contributed by atoms with Gasteiger partial charge in [0.1, 0.15) is 5.69 Å². The second kappa shape index (κ2) is 7.39. The first kappa shape index (κ1) is 18.9. The lowest BCUT2D eigenvalue weighted by Crippen LogP contribution is -2.26. The summed E-state index contributed by atoms with van der Waals surface area (Å²) in [5, 5.41) is 11.6. The van der Waals surface area contributed by atoms with Crippen molar-refractivity contribution in [1.29, 1.82) is 0 Å². The van der Waals surface area contributed by atoms with Crippen LogP contribution in [0, 0.1) is 13.8 Å². The number of nitrogens with one attached hydrogen (secondary N) is 1. The fraction of sp³-hybridized carbons (Fsp3) is 0.381. The molecule has 2 aromatic heterocycles. The summed E-state index contributed by atoms with van der Waals surface area (Å²) in [7, 11) is 3.71. The summed E-state index contributed by atoms with van der Waals surface area (Å²) in [4.78, 5) is 14.5. The van der Waals surface area contributed by atoms with Crippen molar-refractivity contribution in [2.75, 3.05) is 7.05 Å². The van der Waals surface area contributed by atoms with Crippen molar-refractivity contribution in [1.82, 2.24) is 24.9 Å². The number of amides is 1. The fourth-order valence-corrected chi connectivity index (χ4v) is 3.26. The molecule has 142 valence electrons. The summed E-state index contributed by atoms with van der Waals surface area (Å²) in [6.07, 6.45) is 0. The third kappa shape index (κ3) is 3.79. The smallest absolute Gasteiger partial charge is 0.271 e. The van der Waals surface area contributed by atoms with Crippen LogP contribution in [0.2, 0.25) is 0 Å². The lowest BCUT2D eigenvalue weighted by molar-refractivity contribution is 0.0779. The Bertz CT molecular complexity index is 950. The number of nitrogens with zero attached hydrogens (tertiary/aromatic N) is 4. The number of rotatable bonds is 5. The molecular weight excluding hydrogens is 338 g/mol. The first-order valence-electron chi connectivity index (χ1n) is 9.18. The van der Waals surface area contributed by atoms with Crippen molar-refractivity contribution in [3.8, 4) is 11.3 Å². The highest BCUT2D eigenvalue weighted by atomic mass is 16.2. The van der Waals surface area contributed by atoms with E-state index in [9.17, 15) is 4.79 Å². The van der Waals surface area contributed by atoms with Gasteiger partial charge in [0.25, 0.3) is 5.91 Å². The number of carbonyl (C=O) groups is 1.